The van der Waals surface area contributed by atoms with E-state index in [0.29, 0.717) is 0 Å². The summed E-state index contributed by atoms with van der Waals surface area (Å²) in [5, 5.41) is 32.2. The Balaban J connectivity index is 2.61. The van der Waals surface area contributed by atoms with Crippen molar-refractivity contribution >= 4 is 0 Å². The van der Waals surface area contributed by atoms with Gasteiger partial charge in [-0.15, -0.1) is 0 Å². The molecule has 0 spiro atoms. The highest BCUT2D eigenvalue weighted by Gasteiger charge is 2.56. The molecule has 4 atom stereocenters. The van der Waals surface area contributed by atoms with Gasteiger partial charge in [-0.1, -0.05) is 5.11 Å². The van der Waals surface area contributed by atoms with Crippen molar-refractivity contribution in [1.29, 1.82) is 0 Å². The molecule has 11 nitrogen and oxygen atoms in total. The SMILES string of the molecule is [N-]=[N+]=N[C@]1(CO)[C@H](O)[C@@H](CO)O[C@H]1n1ccc(=O)[nH]c1=O. The molecule has 1 aliphatic heterocycles. The second-order valence-corrected chi connectivity index (χ2v) is 4.51. The van der Waals surface area contributed by atoms with Gasteiger partial charge < -0.3 is 20.1 Å². The van der Waals surface area contributed by atoms with Gasteiger partial charge in [0.25, 0.3) is 5.56 Å². The fourth-order valence-corrected chi connectivity index (χ4v) is 2.28. The van der Waals surface area contributed by atoms with Gasteiger partial charge in [0, 0.05) is 17.2 Å². The third kappa shape index (κ3) is 2.33. The van der Waals surface area contributed by atoms with Crippen molar-refractivity contribution in [2.45, 2.75) is 24.0 Å². The largest absolute Gasteiger partial charge is 0.395 e. The molecular formula is C10H13N5O6. The lowest BCUT2D eigenvalue weighted by molar-refractivity contribution is -0.0517. The highest BCUT2D eigenvalue weighted by molar-refractivity contribution is 5.08. The molecule has 2 rings (SSSR count). The zero-order valence-electron chi connectivity index (χ0n) is 10.7. The topological polar surface area (TPSA) is 174 Å². The molecule has 1 aliphatic rings. The molecule has 11 heteroatoms. The molecule has 0 radical (unpaired) electrons. The molecule has 0 saturated carbocycles. The third-order valence-electron chi connectivity index (χ3n) is 3.36. The number of aliphatic hydroxyl groups is 3. The average molecular weight is 299 g/mol. The molecule has 1 saturated heterocycles. The number of rotatable bonds is 4. The molecule has 21 heavy (non-hydrogen) atoms. The van der Waals surface area contributed by atoms with E-state index in [0.717, 1.165) is 16.8 Å². The Kier molecular flexibility index (Phi) is 4.11. The van der Waals surface area contributed by atoms with E-state index in [9.17, 15) is 19.8 Å². The third-order valence-corrected chi connectivity index (χ3v) is 3.36. The predicted octanol–water partition coefficient (Wildman–Crippen LogP) is -2.17. The van der Waals surface area contributed by atoms with Crippen molar-refractivity contribution in [1.82, 2.24) is 9.55 Å². The van der Waals surface area contributed by atoms with Gasteiger partial charge in [0.1, 0.15) is 17.7 Å². The first-order chi connectivity index (χ1) is 10.00. The number of nitrogens with one attached hydrogen (secondary N) is 1. The number of azide groups is 1. The lowest BCUT2D eigenvalue weighted by Gasteiger charge is -2.30. The number of hydrogen-bond donors (Lipinski definition) is 4. The quantitative estimate of drug-likeness (QED) is 0.279. The van der Waals surface area contributed by atoms with Crippen molar-refractivity contribution in [3.63, 3.8) is 0 Å². The van der Waals surface area contributed by atoms with Crippen molar-refractivity contribution < 1.29 is 20.1 Å². The number of aliphatic hydroxyl groups excluding tert-OH is 3. The van der Waals surface area contributed by atoms with Crippen LogP contribution >= 0.6 is 0 Å². The molecule has 0 amide bonds. The number of aromatic nitrogens is 2. The first-order valence-electron chi connectivity index (χ1n) is 5.93. The summed E-state index contributed by atoms with van der Waals surface area (Å²) in [7, 11) is 0. The molecule has 0 aromatic carbocycles. The van der Waals surface area contributed by atoms with E-state index in [2.05, 4.69) is 10.0 Å². The zero-order valence-corrected chi connectivity index (χ0v) is 10.7. The summed E-state index contributed by atoms with van der Waals surface area (Å²) in [5.41, 5.74) is 5.23. The van der Waals surface area contributed by atoms with E-state index in [1.54, 1.807) is 0 Å². The normalized spacial score (nSPS) is 31.9. The standard InChI is InChI=1S/C10H13N5O6/c11-14-13-10(4-17)7(19)5(3-16)21-8(10)15-2-1-6(18)12-9(15)20/h1-2,5,7-8,16-17,19H,3-4H2,(H,12,18,20)/t5-,7-,8-,10-/m1/s1. The van der Waals surface area contributed by atoms with Crippen LogP contribution in [0.2, 0.25) is 0 Å². The van der Waals surface area contributed by atoms with E-state index in [1.165, 1.54) is 0 Å². The molecule has 114 valence electrons. The van der Waals surface area contributed by atoms with Crippen LogP contribution in [0.5, 0.6) is 0 Å². The van der Waals surface area contributed by atoms with Crippen LogP contribution in [0, 0.1) is 0 Å². The summed E-state index contributed by atoms with van der Waals surface area (Å²) in [4.78, 5) is 27.4. The van der Waals surface area contributed by atoms with E-state index in [4.69, 9.17) is 15.4 Å². The Labute approximate surface area is 116 Å². The van der Waals surface area contributed by atoms with Crippen molar-refractivity contribution in [2.24, 2.45) is 5.11 Å². The Morgan fingerprint density at radius 1 is 1.52 bits per heavy atom. The number of H-pyrrole nitrogens is 1. The molecule has 0 bridgehead atoms. The maximum atomic E-state index is 11.8. The van der Waals surface area contributed by atoms with E-state index in [-0.39, 0.29) is 0 Å². The Bertz CT molecular complexity index is 679. The number of aromatic amines is 1. The zero-order chi connectivity index (χ0) is 15.6. The Morgan fingerprint density at radius 3 is 2.76 bits per heavy atom. The highest BCUT2D eigenvalue weighted by atomic mass is 16.5. The van der Waals surface area contributed by atoms with Crippen LogP contribution in [0.15, 0.2) is 27.0 Å². The molecule has 0 unspecified atom stereocenters. The minimum atomic E-state index is -1.90. The van der Waals surface area contributed by atoms with Gasteiger partial charge >= 0.3 is 5.69 Å². The first-order valence-corrected chi connectivity index (χ1v) is 5.93. The maximum absolute atomic E-state index is 11.8. The monoisotopic (exact) mass is 299 g/mol. The summed E-state index contributed by atoms with van der Waals surface area (Å²) in [6.07, 6.45) is -3.00. The first kappa shape index (κ1) is 15.2. The molecule has 0 aliphatic carbocycles. The van der Waals surface area contributed by atoms with Crippen molar-refractivity contribution in [3.05, 3.63) is 43.5 Å². The smallest absolute Gasteiger partial charge is 0.330 e. The molecule has 4 N–H and O–H groups in total. The summed E-state index contributed by atoms with van der Waals surface area (Å²) < 4.78 is 6.17. The van der Waals surface area contributed by atoms with E-state index in [1.807, 2.05) is 4.98 Å². The summed E-state index contributed by atoms with van der Waals surface area (Å²) in [6.45, 7) is -1.44. The number of hydrogen-bond acceptors (Lipinski definition) is 7. The lowest BCUT2D eigenvalue weighted by atomic mass is 9.92. The second-order valence-electron chi connectivity index (χ2n) is 4.51. The lowest BCUT2D eigenvalue weighted by Crippen LogP contribution is -2.50. The summed E-state index contributed by atoms with van der Waals surface area (Å²) >= 11 is 0. The van der Waals surface area contributed by atoms with Gasteiger partial charge in [0.2, 0.25) is 0 Å². The summed E-state index contributed by atoms with van der Waals surface area (Å²) in [6, 6.07) is 1.03. The van der Waals surface area contributed by atoms with Gasteiger partial charge in [-0.25, -0.2) is 4.79 Å². The van der Waals surface area contributed by atoms with Crippen LogP contribution in [-0.4, -0.2) is 55.8 Å². The number of nitrogens with zero attached hydrogens (tertiary/aromatic N) is 4. The molecule has 1 aromatic heterocycles. The predicted molar refractivity (Wildman–Crippen MR) is 67.3 cm³/mol. The minimum Gasteiger partial charge on any atom is -0.395 e. The van der Waals surface area contributed by atoms with Crippen LogP contribution in [0.4, 0.5) is 0 Å². The fraction of sp³-hybridized carbons (Fsp3) is 0.600. The second kappa shape index (κ2) is 5.68. The van der Waals surface area contributed by atoms with E-state index >= 15 is 0 Å². The van der Waals surface area contributed by atoms with Gasteiger partial charge in [0.05, 0.1) is 13.2 Å². The van der Waals surface area contributed by atoms with Crippen LogP contribution < -0.4 is 11.2 Å². The van der Waals surface area contributed by atoms with Gasteiger partial charge in [-0.2, -0.15) is 0 Å². The maximum Gasteiger partial charge on any atom is 0.330 e. The van der Waals surface area contributed by atoms with Crippen LogP contribution in [0.1, 0.15) is 6.23 Å². The van der Waals surface area contributed by atoms with Crippen LogP contribution in [0.25, 0.3) is 10.4 Å². The van der Waals surface area contributed by atoms with Crippen LogP contribution in [-0.2, 0) is 4.74 Å². The number of ether oxygens (including phenoxy) is 1. The Morgan fingerprint density at radius 2 is 2.24 bits per heavy atom. The molecule has 1 aromatic rings. The molecule has 2 heterocycles. The van der Waals surface area contributed by atoms with E-state index < -0.39 is 48.4 Å². The van der Waals surface area contributed by atoms with Crippen molar-refractivity contribution in [2.75, 3.05) is 13.2 Å². The Hall–Kier alpha value is -2.17. The van der Waals surface area contributed by atoms with Crippen LogP contribution in [0.3, 0.4) is 0 Å². The van der Waals surface area contributed by atoms with Gasteiger partial charge in [-0.05, 0) is 5.53 Å². The average Bonchev–Trinajstić information content (AvgIpc) is 2.73. The molecule has 1 fully saturated rings. The summed E-state index contributed by atoms with van der Waals surface area (Å²) in [5.74, 6) is 0. The fourth-order valence-electron chi connectivity index (χ4n) is 2.28. The minimum absolute atomic E-state index is 0.613. The van der Waals surface area contributed by atoms with Gasteiger partial charge in [0.15, 0.2) is 6.23 Å². The highest BCUT2D eigenvalue weighted by Crippen LogP contribution is 2.40. The van der Waals surface area contributed by atoms with Crippen molar-refractivity contribution in [3.8, 4) is 0 Å². The molecular weight excluding hydrogens is 286 g/mol. The van der Waals surface area contributed by atoms with Gasteiger partial charge in [-0.3, -0.25) is 14.3 Å².